The number of carboxylic acids is 1. The van der Waals surface area contributed by atoms with Gasteiger partial charge in [0, 0.05) is 6.04 Å². The van der Waals surface area contributed by atoms with Crippen molar-refractivity contribution in [1.82, 2.24) is 20.2 Å². The fourth-order valence-electron chi connectivity index (χ4n) is 3.58. The average Bonchev–Trinajstić information content (AvgIpc) is 2.84. The number of hydrogen-bond donors (Lipinski definition) is 2. The summed E-state index contributed by atoms with van der Waals surface area (Å²) in [6.45, 7) is 2.03. The molecule has 0 saturated heterocycles. The second kappa shape index (κ2) is 4.53. The molecule has 1 aromatic heterocycles. The van der Waals surface area contributed by atoms with Crippen LogP contribution in [0.4, 0.5) is 5.95 Å². The number of nitrogens with zero attached hydrogens (tertiary/aromatic N) is 4. The number of tetrazole rings is 1. The summed E-state index contributed by atoms with van der Waals surface area (Å²) in [7, 11) is 0. The summed E-state index contributed by atoms with van der Waals surface area (Å²) in [5.74, 6) is 0.196. The molecular weight excluding hydrogens is 282 g/mol. The molecule has 2 fully saturated rings. The van der Waals surface area contributed by atoms with Crippen LogP contribution in [0, 0.1) is 18.3 Å². The smallest absolute Gasteiger partial charge is 0.310 e. The van der Waals surface area contributed by atoms with Gasteiger partial charge in [-0.2, -0.15) is 4.68 Å². The van der Waals surface area contributed by atoms with Gasteiger partial charge in [-0.25, -0.2) is 0 Å². The van der Waals surface area contributed by atoms with Crippen molar-refractivity contribution in [3.63, 3.8) is 0 Å². The summed E-state index contributed by atoms with van der Waals surface area (Å²) in [6, 6.07) is 8.05. The van der Waals surface area contributed by atoms with Crippen LogP contribution >= 0.6 is 0 Å². The number of anilines is 1. The number of rotatable bonds is 4. The first kappa shape index (κ1) is 13.2. The molecule has 1 heterocycles. The van der Waals surface area contributed by atoms with Crippen LogP contribution in [-0.2, 0) is 4.79 Å². The Kier molecular flexibility index (Phi) is 2.72. The van der Waals surface area contributed by atoms with Gasteiger partial charge in [-0.05, 0) is 54.7 Å². The van der Waals surface area contributed by atoms with E-state index in [1.54, 1.807) is 4.68 Å². The lowest BCUT2D eigenvalue weighted by atomic mass is 10.0. The van der Waals surface area contributed by atoms with Gasteiger partial charge in [-0.15, -0.1) is 0 Å². The van der Waals surface area contributed by atoms with Crippen molar-refractivity contribution in [2.45, 2.75) is 32.2 Å². The highest BCUT2D eigenvalue weighted by molar-refractivity contribution is 5.79. The lowest BCUT2D eigenvalue weighted by Crippen LogP contribution is -2.24. The Balaban J connectivity index is 1.52. The van der Waals surface area contributed by atoms with Crippen molar-refractivity contribution < 1.29 is 9.90 Å². The third kappa shape index (κ3) is 1.96. The summed E-state index contributed by atoms with van der Waals surface area (Å²) >= 11 is 0. The minimum absolute atomic E-state index is 0.116. The molecule has 0 amide bonds. The van der Waals surface area contributed by atoms with Crippen molar-refractivity contribution in [2.75, 3.05) is 5.32 Å². The van der Waals surface area contributed by atoms with E-state index >= 15 is 0 Å². The zero-order chi connectivity index (χ0) is 15.3. The van der Waals surface area contributed by atoms with Crippen LogP contribution in [0.15, 0.2) is 24.3 Å². The number of benzene rings is 1. The Labute approximate surface area is 127 Å². The molecule has 4 rings (SSSR count). The molecule has 2 N–H and O–H groups in total. The molecule has 2 aromatic rings. The van der Waals surface area contributed by atoms with Gasteiger partial charge in [-0.3, -0.25) is 4.79 Å². The van der Waals surface area contributed by atoms with Crippen molar-refractivity contribution in [3.05, 3.63) is 29.8 Å². The topological polar surface area (TPSA) is 92.9 Å². The zero-order valence-corrected chi connectivity index (χ0v) is 12.2. The molecule has 2 saturated carbocycles. The van der Waals surface area contributed by atoms with Gasteiger partial charge in [-0.1, -0.05) is 22.8 Å². The van der Waals surface area contributed by atoms with Gasteiger partial charge in [0.1, 0.15) is 0 Å². The Bertz CT molecular complexity index is 726. The monoisotopic (exact) mass is 299 g/mol. The molecule has 2 aliphatic rings. The van der Waals surface area contributed by atoms with Gasteiger partial charge in [0.15, 0.2) is 0 Å². The molecule has 3 atom stereocenters. The number of aromatic nitrogens is 4. The fraction of sp³-hybridized carbons (Fsp3) is 0.467. The summed E-state index contributed by atoms with van der Waals surface area (Å²) in [4.78, 5) is 11.4. The second-order valence-electron chi connectivity index (χ2n) is 6.39. The third-order valence-electron chi connectivity index (χ3n) is 4.92. The number of aliphatic carboxylic acids is 1. The van der Waals surface area contributed by atoms with E-state index < -0.39 is 11.4 Å². The zero-order valence-electron chi connectivity index (χ0n) is 12.2. The molecule has 7 nitrogen and oxygen atoms in total. The molecule has 1 aromatic carbocycles. The van der Waals surface area contributed by atoms with Crippen LogP contribution in [0.25, 0.3) is 5.69 Å². The van der Waals surface area contributed by atoms with E-state index in [4.69, 9.17) is 0 Å². The Morgan fingerprint density at radius 3 is 2.82 bits per heavy atom. The van der Waals surface area contributed by atoms with E-state index in [0.29, 0.717) is 18.3 Å². The molecule has 2 aliphatic carbocycles. The highest BCUT2D eigenvalue weighted by Gasteiger charge is 2.65. The summed E-state index contributed by atoms with van der Waals surface area (Å²) < 4.78 is 1.65. The minimum Gasteiger partial charge on any atom is -0.481 e. The number of aryl methyl sites for hydroxylation is 1. The number of carboxylic acid groups (broad SMARTS) is 1. The van der Waals surface area contributed by atoms with Crippen molar-refractivity contribution in [1.29, 1.82) is 0 Å². The van der Waals surface area contributed by atoms with Crippen molar-refractivity contribution in [2.24, 2.45) is 11.3 Å². The molecular formula is C15H17N5O2. The Morgan fingerprint density at radius 1 is 1.36 bits per heavy atom. The normalized spacial score (nSPS) is 29.1. The number of fused-ring (bicyclic) bond motifs is 1. The molecule has 0 radical (unpaired) electrons. The lowest BCUT2D eigenvalue weighted by Gasteiger charge is -2.16. The maximum absolute atomic E-state index is 11.4. The Morgan fingerprint density at radius 2 is 2.14 bits per heavy atom. The molecule has 114 valence electrons. The molecule has 0 aliphatic heterocycles. The van der Waals surface area contributed by atoms with E-state index in [-0.39, 0.29) is 6.04 Å². The van der Waals surface area contributed by atoms with Gasteiger partial charge in [0.2, 0.25) is 5.95 Å². The SMILES string of the molecule is Cc1ccc(-n2nnnc2N[C@@H]2C[C@H]3C[C@@]3(C(=O)O)C2)cc1. The first-order valence-corrected chi connectivity index (χ1v) is 7.44. The Hall–Kier alpha value is -2.44. The largest absolute Gasteiger partial charge is 0.481 e. The molecule has 7 heteroatoms. The van der Waals surface area contributed by atoms with Crippen molar-refractivity contribution in [3.8, 4) is 5.69 Å². The van der Waals surface area contributed by atoms with E-state index in [1.165, 1.54) is 5.56 Å². The van der Waals surface area contributed by atoms with Gasteiger partial charge < -0.3 is 10.4 Å². The maximum Gasteiger partial charge on any atom is 0.310 e. The highest BCUT2D eigenvalue weighted by Crippen LogP contribution is 2.63. The first-order valence-electron chi connectivity index (χ1n) is 7.44. The van der Waals surface area contributed by atoms with Crippen LogP contribution in [0.1, 0.15) is 24.8 Å². The second-order valence-corrected chi connectivity index (χ2v) is 6.39. The minimum atomic E-state index is -0.667. The van der Waals surface area contributed by atoms with E-state index in [0.717, 1.165) is 18.5 Å². The predicted molar refractivity (Wildman–Crippen MR) is 78.7 cm³/mol. The van der Waals surface area contributed by atoms with Crippen LogP contribution < -0.4 is 5.32 Å². The number of hydrogen-bond acceptors (Lipinski definition) is 5. The molecule has 0 spiro atoms. The van der Waals surface area contributed by atoms with E-state index in [9.17, 15) is 9.90 Å². The average molecular weight is 299 g/mol. The van der Waals surface area contributed by atoms with Gasteiger partial charge in [0.05, 0.1) is 11.1 Å². The van der Waals surface area contributed by atoms with Crippen LogP contribution in [-0.4, -0.2) is 37.3 Å². The standard InChI is InChI=1S/C15H17N5O2/c1-9-2-4-12(5-3-9)20-14(17-18-19-20)16-11-6-10-7-15(10,8-11)13(21)22/h2-5,10-11H,6-8H2,1H3,(H,21,22)(H,16,17,19)/t10-,11+,15+/m0/s1. The number of carbonyl (C=O) groups is 1. The predicted octanol–water partition coefficient (Wildman–Crippen LogP) is 1.64. The summed E-state index contributed by atoms with van der Waals surface area (Å²) in [5, 5.41) is 24.4. The fourth-order valence-corrected chi connectivity index (χ4v) is 3.58. The van der Waals surface area contributed by atoms with Gasteiger partial charge >= 0.3 is 5.97 Å². The molecule has 0 unspecified atom stereocenters. The summed E-state index contributed by atoms with van der Waals surface area (Å²) in [6.07, 6.45) is 2.32. The lowest BCUT2D eigenvalue weighted by molar-refractivity contribution is -0.143. The first-order chi connectivity index (χ1) is 10.6. The van der Waals surface area contributed by atoms with Gasteiger partial charge in [0.25, 0.3) is 0 Å². The number of nitrogens with one attached hydrogen (secondary N) is 1. The quantitative estimate of drug-likeness (QED) is 0.891. The van der Waals surface area contributed by atoms with E-state index in [2.05, 4.69) is 20.8 Å². The molecule has 22 heavy (non-hydrogen) atoms. The third-order valence-corrected chi connectivity index (χ3v) is 4.92. The maximum atomic E-state index is 11.4. The van der Waals surface area contributed by atoms with Crippen LogP contribution in [0.5, 0.6) is 0 Å². The van der Waals surface area contributed by atoms with Crippen molar-refractivity contribution >= 4 is 11.9 Å². The van der Waals surface area contributed by atoms with Crippen LogP contribution in [0.2, 0.25) is 0 Å². The summed E-state index contributed by atoms with van der Waals surface area (Å²) in [5.41, 5.74) is 1.56. The highest BCUT2D eigenvalue weighted by atomic mass is 16.4. The van der Waals surface area contributed by atoms with E-state index in [1.807, 2.05) is 31.2 Å². The van der Waals surface area contributed by atoms with Crippen LogP contribution in [0.3, 0.4) is 0 Å². The molecule has 0 bridgehead atoms.